The molecule has 0 aromatic carbocycles. The molecule has 1 fully saturated rings. The molecule has 0 spiro atoms. The Hall–Kier alpha value is -0.930. The first-order chi connectivity index (χ1) is 11.2. The summed E-state index contributed by atoms with van der Waals surface area (Å²) in [6, 6.07) is 5.94. The number of nitrogens with zero attached hydrogens (tertiary/aromatic N) is 4. The summed E-state index contributed by atoms with van der Waals surface area (Å²) >= 11 is 0. The second-order valence-corrected chi connectivity index (χ2v) is 6.34. The molecule has 136 valence electrons. The molecule has 1 aromatic heterocycles. The largest absolute Gasteiger partial charge is 0.356 e. The van der Waals surface area contributed by atoms with Gasteiger partial charge in [-0.25, -0.2) is 0 Å². The fourth-order valence-electron chi connectivity index (χ4n) is 2.70. The smallest absolute Gasteiger partial charge is 0.191 e. The number of aromatic nitrogens is 1. The van der Waals surface area contributed by atoms with Crippen molar-refractivity contribution in [2.24, 2.45) is 10.9 Å². The molecule has 1 aliphatic heterocycles. The van der Waals surface area contributed by atoms with Gasteiger partial charge in [-0.05, 0) is 25.1 Å². The van der Waals surface area contributed by atoms with Crippen LogP contribution in [0, 0.1) is 5.92 Å². The Balaban J connectivity index is 0.00000288. The molecule has 2 rings (SSSR count). The van der Waals surface area contributed by atoms with E-state index in [4.69, 9.17) is 0 Å². The van der Waals surface area contributed by atoms with Gasteiger partial charge in [0.05, 0.1) is 12.2 Å². The van der Waals surface area contributed by atoms with Crippen LogP contribution in [0.4, 0.5) is 0 Å². The van der Waals surface area contributed by atoms with Crippen molar-refractivity contribution in [3.63, 3.8) is 0 Å². The zero-order chi connectivity index (χ0) is 16.5. The van der Waals surface area contributed by atoms with E-state index in [1.165, 1.54) is 26.2 Å². The highest BCUT2D eigenvalue weighted by atomic mass is 127. The summed E-state index contributed by atoms with van der Waals surface area (Å²) in [4.78, 5) is 13.5. The molecule has 0 aliphatic carbocycles. The van der Waals surface area contributed by atoms with Gasteiger partial charge in [0, 0.05) is 52.5 Å². The molecule has 1 aromatic rings. The third-order valence-corrected chi connectivity index (χ3v) is 4.17. The van der Waals surface area contributed by atoms with Gasteiger partial charge >= 0.3 is 0 Å². The number of rotatable bonds is 6. The minimum absolute atomic E-state index is 0. The molecule has 24 heavy (non-hydrogen) atoms. The van der Waals surface area contributed by atoms with E-state index in [0.717, 1.165) is 24.7 Å². The van der Waals surface area contributed by atoms with Crippen LogP contribution in [0.2, 0.25) is 0 Å². The molecule has 1 atom stereocenters. The molecule has 0 saturated carbocycles. The Morgan fingerprint density at radius 2 is 2.00 bits per heavy atom. The second kappa shape index (κ2) is 11.6. The predicted octanol–water partition coefficient (Wildman–Crippen LogP) is 1.25. The molecule has 7 heteroatoms. The summed E-state index contributed by atoms with van der Waals surface area (Å²) in [5, 5.41) is 6.72. The highest BCUT2D eigenvalue weighted by Gasteiger charge is 2.16. The summed E-state index contributed by atoms with van der Waals surface area (Å²) < 4.78 is 0. The number of nitrogens with one attached hydrogen (secondary N) is 2. The van der Waals surface area contributed by atoms with Crippen LogP contribution in [0.1, 0.15) is 12.6 Å². The van der Waals surface area contributed by atoms with Gasteiger partial charge in [0.15, 0.2) is 5.96 Å². The maximum absolute atomic E-state index is 4.31. The Kier molecular flexibility index (Phi) is 10.2. The van der Waals surface area contributed by atoms with Crippen LogP contribution in [0.5, 0.6) is 0 Å². The summed E-state index contributed by atoms with van der Waals surface area (Å²) in [5.41, 5.74) is 1.01. The normalized spacial score (nSPS) is 17.9. The zero-order valence-corrected chi connectivity index (χ0v) is 17.4. The summed E-state index contributed by atoms with van der Waals surface area (Å²) in [5.74, 6) is 1.42. The van der Waals surface area contributed by atoms with E-state index in [2.05, 4.69) is 44.4 Å². The van der Waals surface area contributed by atoms with Crippen molar-refractivity contribution in [1.82, 2.24) is 25.4 Å². The van der Waals surface area contributed by atoms with Crippen molar-refractivity contribution in [3.05, 3.63) is 30.1 Å². The van der Waals surface area contributed by atoms with Crippen LogP contribution >= 0.6 is 24.0 Å². The molecule has 1 saturated heterocycles. The van der Waals surface area contributed by atoms with Crippen molar-refractivity contribution in [2.45, 2.75) is 13.5 Å². The van der Waals surface area contributed by atoms with Crippen molar-refractivity contribution in [1.29, 1.82) is 0 Å². The van der Waals surface area contributed by atoms with Gasteiger partial charge in [-0.1, -0.05) is 13.0 Å². The van der Waals surface area contributed by atoms with E-state index >= 15 is 0 Å². The van der Waals surface area contributed by atoms with Crippen molar-refractivity contribution < 1.29 is 0 Å². The molecule has 0 amide bonds. The average molecular weight is 446 g/mol. The lowest BCUT2D eigenvalue weighted by Crippen LogP contribution is -2.47. The minimum Gasteiger partial charge on any atom is -0.356 e. The third-order valence-electron chi connectivity index (χ3n) is 4.17. The Morgan fingerprint density at radius 3 is 2.62 bits per heavy atom. The maximum atomic E-state index is 4.31. The number of likely N-dealkylation sites (N-methyl/N-ethyl adjacent to an activating group) is 1. The van der Waals surface area contributed by atoms with Crippen molar-refractivity contribution >= 4 is 29.9 Å². The third kappa shape index (κ3) is 7.76. The average Bonchev–Trinajstić information content (AvgIpc) is 2.58. The highest BCUT2D eigenvalue weighted by Crippen LogP contribution is 2.03. The monoisotopic (exact) mass is 446 g/mol. The van der Waals surface area contributed by atoms with E-state index in [1.807, 2.05) is 24.4 Å². The molecule has 2 heterocycles. The van der Waals surface area contributed by atoms with Crippen LogP contribution in [0.25, 0.3) is 0 Å². The number of hydrogen-bond donors (Lipinski definition) is 2. The summed E-state index contributed by atoms with van der Waals surface area (Å²) in [7, 11) is 4.00. The van der Waals surface area contributed by atoms with E-state index in [1.54, 1.807) is 7.05 Å². The zero-order valence-electron chi connectivity index (χ0n) is 15.0. The predicted molar refractivity (Wildman–Crippen MR) is 111 cm³/mol. The van der Waals surface area contributed by atoms with Crippen molar-refractivity contribution in [2.75, 3.05) is 53.4 Å². The molecule has 0 bridgehead atoms. The van der Waals surface area contributed by atoms with Crippen LogP contribution in [0.3, 0.4) is 0 Å². The lowest BCUT2D eigenvalue weighted by molar-refractivity contribution is 0.139. The van der Waals surface area contributed by atoms with Crippen LogP contribution < -0.4 is 10.6 Å². The number of hydrogen-bond acceptors (Lipinski definition) is 4. The van der Waals surface area contributed by atoms with Gasteiger partial charge in [-0.3, -0.25) is 9.98 Å². The van der Waals surface area contributed by atoms with Gasteiger partial charge in [0.2, 0.25) is 0 Å². The van der Waals surface area contributed by atoms with E-state index in [0.29, 0.717) is 12.5 Å². The SMILES string of the molecule is CN=C(NCc1ccccn1)NCC(C)CN1CCN(C)CC1.I. The molecule has 6 nitrogen and oxygen atoms in total. The first-order valence-electron chi connectivity index (χ1n) is 8.42. The number of aliphatic imine (C=N–C) groups is 1. The molecule has 0 radical (unpaired) electrons. The van der Waals surface area contributed by atoms with Crippen molar-refractivity contribution in [3.8, 4) is 0 Å². The van der Waals surface area contributed by atoms with E-state index in [9.17, 15) is 0 Å². The van der Waals surface area contributed by atoms with Gasteiger partial charge in [-0.15, -0.1) is 24.0 Å². The second-order valence-electron chi connectivity index (χ2n) is 6.34. The lowest BCUT2D eigenvalue weighted by Gasteiger charge is -2.34. The molecular weight excluding hydrogens is 415 g/mol. The van der Waals surface area contributed by atoms with Crippen LogP contribution in [-0.2, 0) is 6.54 Å². The fraction of sp³-hybridized carbons (Fsp3) is 0.647. The molecule has 2 N–H and O–H groups in total. The molecule has 1 unspecified atom stereocenters. The fourth-order valence-corrected chi connectivity index (χ4v) is 2.70. The Bertz CT molecular complexity index is 473. The van der Waals surface area contributed by atoms with E-state index in [-0.39, 0.29) is 24.0 Å². The van der Waals surface area contributed by atoms with Crippen LogP contribution in [0.15, 0.2) is 29.4 Å². The number of halogens is 1. The summed E-state index contributed by atoms with van der Waals surface area (Å²) in [6.07, 6.45) is 1.81. The molecule has 1 aliphatic rings. The molecular formula is C17H31IN6. The minimum atomic E-state index is 0. The standard InChI is InChI=1S/C17H30N6.HI/c1-15(14-23-10-8-22(3)9-11-23)12-20-17(18-2)21-13-16-6-4-5-7-19-16;/h4-7,15H,8-14H2,1-3H3,(H2,18,20,21);1H. The first-order valence-corrected chi connectivity index (χ1v) is 8.42. The van der Waals surface area contributed by atoms with Gasteiger partial charge in [0.25, 0.3) is 0 Å². The Morgan fingerprint density at radius 1 is 1.25 bits per heavy atom. The van der Waals surface area contributed by atoms with Gasteiger partial charge < -0.3 is 20.4 Å². The number of pyridine rings is 1. The Labute approximate surface area is 163 Å². The summed E-state index contributed by atoms with van der Waals surface area (Å²) in [6.45, 7) is 9.74. The topological polar surface area (TPSA) is 55.8 Å². The first kappa shape index (κ1) is 21.1. The lowest BCUT2D eigenvalue weighted by atomic mass is 10.1. The van der Waals surface area contributed by atoms with Gasteiger partial charge in [-0.2, -0.15) is 0 Å². The quantitative estimate of drug-likeness (QED) is 0.392. The van der Waals surface area contributed by atoms with Gasteiger partial charge in [0.1, 0.15) is 0 Å². The number of guanidine groups is 1. The van der Waals surface area contributed by atoms with Crippen LogP contribution in [-0.4, -0.2) is 74.1 Å². The maximum Gasteiger partial charge on any atom is 0.191 e. The van der Waals surface area contributed by atoms with E-state index < -0.39 is 0 Å². The highest BCUT2D eigenvalue weighted by molar-refractivity contribution is 14.0. The number of piperazine rings is 1.